The summed E-state index contributed by atoms with van der Waals surface area (Å²) in [5.74, 6) is -1.63. The molecule has 1 aromatic carbocycles. The molecule has 0 aliphatic heterocycles. The standard InChI is InChI=1S/C14H14ClFN4O2/c1-8-5-9(2)20(19-8)7-13(21)17-18-14(22)11-4-3-10(16)6-12(11)15/h3-6H,7H2,1-2H3,(H,17,21)(H,18,22). The van der Waals surface area contributed by atoms with E-state index < -0.39 is 17.6 Å². The van der Waals surface area contributed by atoms with Crippen molar-refractivity contribution in [3.05, 3.63) is 52.1 Å². The molecular formula is C14H14ClFN4O2. The molecule has 2 amide bonds. The van der Waals surface area contributed by atoms with E-state index in [0.717, 1.165) is 23.5 Å². The first-order valence-corrected chi connectivity index (χ1v) is 6.80. The topological polar surface area (TPSA) is 76.0 Å². The van der Waals surface area contributed by atoms with Gasteiger partial charge in [-0.15, -0.1) is 0 Å². The average molecular weight is 325 g/mol. The Morgan fingerprint density at radius 2 is 2.00 bits per heavy atom. The summed E-state index contributed by atoms with van der Waals surface area (Å²) in [5, 5.41) is 4.10. The van der Waals surface area contributed by atoms with Crippen LogP contribution in [-0.2, 0) is 11.3 Å². The van der Waals surface area contributed by atoms with Crippen LogP contribution in [0.1, 0.15) is 21.7 Å². The van der Waals surface area contributed by atoms with Gasteiger partial charge in [-0.25, -0.2) is 4.39 Å². The van der Waals surface area contributed by atoms with Crippen LogP contribution in [0.25, 0.3) is 0 Å². The second-order valence-corrected chi connectivity index (χ2v) is 5.12. The van der Waals surface area contributed by atoms with Crippen LogP contribution in [0.3, 0.4) is 0 Å². The number of halogens is 2. The highest BCUT2D eigenvalue weighted by atomic mass is 35.5. The quantitative estimate of drug-likeness (QED) is 0.845. The predicted octanol–water partition coefficient (Wildman–Crippen LogP) is 1.75. The van der Waals surface area contributed by atoms with Gasteiger partial charge in [0.1, 0.15) is 12.4 Å². The van der Waals surface area contributed by atoms with E-state index in [4.69, 9.17) is 11.6 Å². The molecule has 0 spiro atoms. The zero-order valence-corrected chi connectivity index (χ0v) is 12.7. The number of carbonyl (C=O) groups excluding carboxylic acids is 2. The SMILES string of the molecule is Cc1cc(C)n(CC(=O)NNC(=O)c2ccc(F)cc2Cl)n1. The number of aromatic nitrogens is 2. The lowest BCUT2D eigenvalue weighted by molar-refractivity contribution is -0.122. The number of benzene rings is 1. The molecule has 8 heteroatoms. The van der Waals surface area contributed by atoms with Crippen LogP contribution in [0.4, 0.5) is 4.39 Å². The number of nitrogens with zero attached hydrogens (tertiary/aromatic N) is 2. The Bertz CT molecular complexity index is 730. The Kier molecular flexibility index (Phi) is 4.77. The number of carbonyl (C=O) groups is 2. The van der Waals surface area contributed by atoms with E-state index in [-0.39, 0.29) is 17.1 Å². The fourth-order valence-electron chi connectivity index (χ4n) is 1.88. The zero-order valence-electron chi connectivity index (χ0n) is 12.0. The normalized spacial score (nSPS) is 10.4. The van der Waals surface area contributed by atoms with Crippen molar-refractivity contribution in [1.29, 1.82) is 0 Å². The Hall–Kier alpha value is -2.41. The number of aryl methyl sites for hydroxylation is 2. The molecule has 0 unspecified atom stereocenters. The van der Waals surface area contributed by atoms with Crippen molar-refractivity contribution < 1.29 is 14.0 Å². The molecule has 0 atom stereocenters. The van der Waals surface area contributed by atoms with Crippen LogP contribution in [0.5, 0.6) is 0 Å². The van der Waals surface area contributed by atoms with Crippen LogP contribution in [0, 0.1) is 19.7 Å². The van der Waals surface area contributed by atoms with Crippen molar-refractivity contribution in [2.24, 2.45) is 0 Å². The highest BCUT2D eigenvalue weighted by molar-refractivity contribution is 6.33. The maximum Gasteiger partial charge on any atom is 0.271 e. The van der Waals surface area contributed by atoms with E-state index in [2.05, 4.69) is 16.0 Å². The maximum absolute atomic E-state index is 12.9. The molecule has 2 rings (SSSR count). The third-order valence-electron chi connectivity index (χ3n) is 2.89. The summed E-state index contributed by atoms with van der Waals surface area (Å²) in [6, 6.07) is 5.21. The van der Waals surface area contributed by atoms with E-state index >= 15 is 0 Å². The summed E-state index contributed by atoms with van der Waals surface area (Å²) in [6.07, 6.45) is 0. The van der Waals surface area contributed by atoms with Gasteiger partial charge in [-0.3, -0.25) is 25.1 Å². The number of rotatable bonds is 3. The van der Waals surface area contributed by atoms with Gasteiger partial charge in [-0.2, -0.15) is 5.10 Å². The van der Waals surface area contributed by atoms with Crippen LogP contribution in [-0.4, -0.2) is 21.6 Å². The fourth-order valence-corrected chi connectivity index (χ4v) is 2.13. The summed E-state index contributed by atoms with van der Waals surface area (Å²) in [5.41, 5.74) is 6.17. The molecule has 1 aromatic heterocycles. The smallest absolute Gasteiger partial charge is 0.271 e. The molecule has 2 aromatic rings. The molecule has 0 fully saturated rings. The first-order chi connectivity index (χ1) is 10.4. The van der Waals surface area contributed by atoms with E-state index in [0.29, 0.717) is 0 Å². The molecule has 0 saturated heterocycles. The third-order valence-corrected chi connectivity index (χ3v) is 3.20. The van der Waals surface area contributed by atoms with Crippen molar-refractivity contribution in [3.63, 3.8) is 0 Å². The molecule has 0 aliphatic rings. The fraction of sp³-hybridized carbons (Fsp3) is 0.214. The summed E-state index contributed by atoms with van der Waals surface area (Å²) in [7, 11) is 0. The minimum Gasteiger partial charge on any atom is -0.271 e. The van der Waals surface area contributed by atoms with Crippen molar-refractivity contribution in [2.75, 3.05) is 0 Å². The van der Waals surface area contributed by atoms with Crippen LogP contribution in [0.15, 0.2) is 24.3 Å². The van der Waals surface area contributed by atoms with Gasteiger partial charge in [0.2, 0.25) is 0 Å². The largest absolute Gasteiger partial charge is 0.271 e. The molecule has 0 radical (unpaired) electrons. The number of hydrogen-bond donors (Lipinski definition) is 2. The molecule has 2 N–H and O–H groups in total. The lowest BCUT2D eigenvalue weighted by atomic mass is 10.2. The van der Waals surface area contributed by atoms with Gasteiger partial charge in [-0.1, -0.05) is 11.6 Å². The highest BCUT2D eigenvalue weighted by Gasteiger charge is 2.13. The van der Waals surface area contributed by atoms with Crippen LogP contribution in [0.2, 0.25) is 5.02 Å². The van der Waals surface area contributed by atoms with E-state index in [1.54, 1.807) is 0 Å². The minimum absolute atomic E-state index is 0.0307. The maximum atomic E-state index is 12.9. The first-order valence-electron chi connectivity index (χ1n) is 6.42. The van der Waals surface area contributed by atoms with Crippen molar-refractivity contribution in [1.82, 2.24) is 20.6 Å². The van der Waals surface area contributed by atoms with Crippen LogP contribution >= 0.6 is 11.6 Å². The molecular weight excluding hydrogens is 311 g/mol. The Morgan fingerprint density at radius 3 is 2.59 bits per heavy atom. The molecule has 1 heterocycles. The minimum atomic E-state index is -0.633. The van der Waals surface area contributed by atoms with Crippen LogP contribution < -0.4 is 10.9 Å². The van der Waals surface area contributed by atoms with E-state index in [1.807, 2.05) is 19.9 Å². The van der Waals surface area contributed by atoms with E-state index in [9.17, 15) is 14.0 Å². The second kappa shape index (κ2) is 6.57. The molecule has 0 bridgehead atoms. The highest BCUT2D eigenvalue weighted by Crippen LogP contribution is 2.16. The lowest BCUT2D eigenvalue weighted by Gasteiger charge is -2.09. The number of amides is 2. The summed E-state index contributed by atoms with van der Waals surface area (Å²) in [4.78, 5) is 23.6. The molecule has 116 valence electrons. The summed E-state index contributed by atoms with van der Waals surface area (Å²) >= 11 is 5.77. The zero-order chi connectivity index (χ0) is 16.3. The average Bonchev–Trinajstić information content (AvgIpc) is 2.74. The number of hydrazine groups is 1. The monoisotopic (exact) mass is 324 g/mol. The molecule has 0 saturated carbocycles. The van der Waals surface area contributed by atoms with Gasteiger partial charge in [-0.05, 0) is 38.1 Å². The van der Waals surface area contributed by atoms with Gasteiger partial charge in [0.25, 0.3) is 11.8 Å². The third kappa shape index (κ3) is 3.82. The number of hydrogen-bond acceptors (Lipinski definition) is 3. The van der Waals surface area contributed by atoms with Crippen molar-refractivity contribution in [3.8, 4) is 0 Å². The Balaban J connectivity index is 1.93. The van der Waals surface area contributed by atoms with E-state index in [1.165, 1.54) is 10.7 Å². The van der Waals surface area contributed by atoms with Gasteiger partial charge < -0.3 is 0 Å². The van der Waals surface area contributed by atoms with Gasteiger partial charge in [0, 0.05) is 5.69 Å². The Labute approximate surface area is 131 Å². The van der Waals surface area contributed by atoms with Crippen molar-refractivity contribution in [2.45, 2.75) is 20.4 Å². The van der Waals surface area contributed by atoms with Crippen molar-refractivity contribution >= 4 is 23.4 Å². The lowest BCUT2D eigenvalue weighted by Crippen LogP contribution is -2.43. The van der Waals surface area contributed by atoms with Gasteiger partial charge in [0.05, 0.1) is 16.3 Å². The predicted molar refractivity (Wildman–Crippen MR) is 78.7 cm³/mol. The molecule has 6 nitrogen and oxygen atoms in total. The number of nitrogens with one attached hydrogen (secondary N) is 2. The molecule has 0 aliphatic carbocycles. The second-order valence-electron chi connectivity index (χ2n) is 4.71. The Morgan fingerprint density at radius 1 is 1.27 bits per heavy atom. The first kappa shape index (κ1) is 16.0. The summed E-state index contributed by atoms with van der Waals surface area (Å²) < 4.78 is 14.4. The molecule has 22 heavy (non-hydrogen) atoms. The summed E-state index contributed by atoms with van der Waals surface area (Å²) in [6.45, 7) is 3.61. The van der Waals surface area contributed by atoms with Gasteiger partial charge >= 0.3 is 0 Å². The van der Waals surface area contributed by atoms with Gasteiger partial charge in [0.15, 0.2) is 0 Å².